The van der Waals surface area contributed by atoms with Crippen molar-refractivity contribution in [3.05, 3.63) is 190 Å². The monoisotopic (exact) mass is 1440 g/mol. The molecule has 0 spiro atoms. The Kier molecular flexibility index (Phi) is 34.5. The first-order valence-corrected chi connectivity index (χ1v) is 31.3. The summed E-state index contributed by atoms with van der Waals surface area (Å²) in [5, 5.41) is 81.4. The number of hydrogen-bond donors (Lipinski definition) is 12. The van der Waals surface area contributed by atoms with Crippen molar-refractivity contribution >= 4 is 116 Å². The number of nitrogens with two attached hydrogens (primary N) is 4. The molecule has 104 heavy (non-hydrogen) atoms. The first kappa shape index (κ1) is 87.8. The Morgan fingerprint density at radius 3 is 1.05 bits per heavy atom. The van der Waals surface area contributed by atoms with Crippen LogP contribution in [0.3, 0.4) is 0 Å². The molecule has 6 aromatic rings. The normalized spacial score (nSPS) is 12.1. The van der Waals surface area contributed by atoms with E-state index in [0.717, 1.165) is 73.0 Å². The number of carbonyl (C=O) groups is 7. The molecule has 0 radical (unpaired) electrons. The number of amides is 2. The Balaban J connectivity index is 0.000000467. The van der Waals surface area contributed by atoms with E-state index in [9.17, 15) is 33.6 Å². The third kappa shape index (κ3) is 26.0. The smallest absolute Gasteiger partial charge is 0.335 e. The zero-order chi connectivity index (χ0) is 76.6. The molecule has 6 aromatic carbocycles. The third-order valence-electron chi connectivity index (χ3n) is 15.5. The number of aliphatic carboxylic acids is 3. The van der Waals surface area contributed by atoms with Crippen LogP contribution in [0.5, 0.6) is 0 Å². The summed E-state index contributed by atoms with van der Waals surface area (Å²) in [4.78, 5) is 101. The Bertz CT molecular complexity index is 4020. The molecule has 0 saturated heterocycles. The molecule has 2 aliphatic heterocycles. The molecule has 0 bridgehead atoms. The highest BCUT2D eigenvalue weighted by atomic mass is 17.1. The van der Waals surface area contributed by atoms with Gasteiger partial charge in [0.15, 0.2) is 23.0 Å². The lowest BCUT2D eigenvalue weighted by Gasteiger charge is -2.25. The van der Waals surface area contributed by atoms with Crippen LogP contribution in [0.25, 0.3) is 0 Å². The molecule has 2 heterocycles. The summed E-state index contributed by atoms with van der Waals surface area (Å²) in [5.74, 6) is -5.02. The summed E-state index contributed by atoms with van der Waals surface area (Å²) < 4.78 is 0. The van der Waals surface area contributed by atoms with Gasteiger partial charge in [0.05, 0.1) is 79.2 Å². The molecule has 2 aliphatic rings. The number of nitrogen functional groups attached to an aromatic ring is 4. The van der Waals surface area contributed by atoms with Gasteiger partial charge in [0, 0.05) is 65.2 Å². The standard InChI is InChI=1S/C25H26N4O7.2C14H20N2O4.C11H10N2O3.C8H12N2.2CH4/c1-14-11-20(28(10-9-21(30)31)13-16(3)36-35)12-15(2)22(14)26-23-17(4)27-29(24(23)32)19-7-5-18(6-8-19)25(33)34;2*1-9-6-12(7-10(2)14(9)15)16(5-4-13(17)18)8-11(3)20-19;1-7-6-10(14)13(12-7)9-4-2-8(3-5-9)11(15)16;1-5-3-7(9)4-6(2)8(5)10;;/h5-8,11-12,35H,3,9-10,13H2,1-2,4H3,(H,30,31)(H,33,34);2*6-7,19H,3-5,8,15H2,1-2H3,(H,17,18);2-5H,6H2,1H3,(H,15,16);3-4H,9-10H2,1-2H3;2*1H4. The van der Waals surface area contributed by atoms with E-state index in [1.807, 2.05) is 91.8 Å². The number of nitrogens with zero attached hydrogens (tertiary/aromatic N) is 8. The molecule has 0 aromatic heterocycles. The van der Waals surface area contributed by atoms with Gasteiger partial charge >= 0.3 is 29.8 Å². The third-order valence-corrected chi connectivity index (χ3v) is 15.5. The number of carboxylic acid groups (broad SMARTS) is 5. The molecule has 30 heteroatoms. The number of carboxylic acids is 5. The second-order valence-corrected chi connectivity index (χ2v) is 23.8. The summed E-state index contributed by atoms with van der Waals surface area (Å²) in [6, 6.07) is 26.7. The highest BCUT2D eigenvalue weighted by Gasteiger charge is 2.31. The SMILES string of the molecule is C.C.C=C(CN(CCC(=O)O)c1cc(C)c(N)c(C)c1)OO.C=C(CN(CCC(=O)O)c1cc(C)c(N)c(C)c1)OO.C=C(CN(CCC(=O)O)c1cc(C)c(N=C2C(=O)N(c3ccc(C(=O)O)cc3)N=C2C)c(C)c1)OO.CC1=NN(c2ccc(C(=O)O)cc2)C(=O)C1.Cc1cc(N)cc(C)c1N. The highest BCUT2D eigenvalue weighted by molar-refractivity contribution is 6.71. The van der Waals surface area contributed by atoms with Crippen molar-refractivity contribution in [1.29, 1.82) is 0 Å². The van der Waals surface area contributed by atoms with E-state index in [2.05, 4.69) is 49.6 Å². The van der Waals surface area contributed by atoms with Crippen molar-refractivity contribution in [3.63, 3.8) is 0 Å². The number of rotatable bonds is 26. The van der Waals surface area contributed by atoms with E-state index in [-0.39, 0.29) is 113 Å². The molecule has 0 atom stereocenters. The Morgan fingerprint density at radius 1 is 0.471 bits per heavy atom. The van der Waals surface area contributed by atoms with Gasteiger partial charge in [0.25, 0.3) is 11.8 Å². The second-order valence-electron chi connectivity index (χ2n) is 23.8. The maximum atomic E-state index is 13.1. The molecule has 0 aliphatic carbocycles. The maximum absolute atomic E-state index is 13.1. The van der Waals surface area contributed by atoms with Crippen LogP contribution in [0, 0.1) is 55.4 Å². The minimum atomic E-state index is -1.07. The maximum Gasteiger partial charge on any atom is 0.335 e. The van der Waals surface area contributed by atoms with Gasteiger partial charge in [-0.15, -0.1) is 0 Å². The van der Waals surface area contributed by atoms with Gasteiger partial charge in [-0.25, -0.2) is 35.4 Å². The van der Waals surface area contributed by atoms with Crippen molar-refractivity contribution in [3.8, 4) is 0 Å². The number of hydrogen-bond acceptors (Lipinski definition) is 23. The van der Waals surface area contributed by atoms with Gasteiger partial charge in [-0.2, -0.15) is 15.2 Å². The van der Waals surface area contributed by atoms with Gasteiger partial charge in [0.1, 0.15) is 0 Å². The number of hydrazone groups is 2. The number of carbonyl (C=O) groups excluding carboxylic acids is 2. The topological polar surface area (TPSA) is 466 Å². The van der Waals surface area contributed by atoms with Gasteiger partial charge in [-0.1, -0.05) is 34.6 Å². The number of aliphatic imine (C=N–C) groups is 1. The van der Waals surface area contributed by atoms with Crippen molar-refractivity contribution in [2.45, 2.75) is 110 Å². The first-order valence-electron chi connectivity index (χ1n) is 31.3. The van der Waals surface area contributed by atoms with E-state index in [1.165, 1.54) is 46.4 Å². The van der Waals surface area contributed by atoms with Crippen LogP contribution in [0.4, 0.5) is 56.9 Å². The van der Waals surface area contributed by atoms with Crippen LogP contribution in [0.1, 0.15) is 120 Å². The highest BCUT2D eigenvalue weighted by Crippen LogP contribution is 2.33. The number of benzene rings is 6. The van der Waals surface area contributed by atoms with Crippen molar-refractivity contribution < 1.29 is 89.5 Å². The van der Waals surface area contributed by atoms with Crippen LogP contribution in [-0.4, -0.2) is 139 Å². The molecule has 16 N–H and O–H groups in total. The van der Waals surface area contributed by atoms with Crippen molar-refractivity contribution in [1.82, 2.24) is 0 Å². The lowest BCUT2D eigenvalue weighted by molar-refractivity contribution is -0.203. The predicted octanol–water partition coefficient (Wildman–Crippen LogP) is 12.4. The van der Waals surface area contributed by atoms with Gasteiger partial charge in [-0.3, -0.25) is 24.0 Å². The predicted molar refractivity (Wildman–Crippen MR) is 406 cm³/mol. The summed E-state index contributed by atoms with van der Waals surface area (Å²) in [6.45, 7) is 30.4. The summed E-state index contributed by atoms with van der Waals surface area (Å²) in [5.41, 5.74) is 38.8. The lowest BCUT2D eigenvalue weighted by atomic mass is 10.1. The van der Waals surface area contributed by atoms with Crippen LogP contribution < -0.4 is 47.7 Å². The van der Waals surface area contributed by atoms with Gasteiger partial charge < -0.3 is 77.8 Å². The molecule has 2 amide bonds. The fourth-order valence-electron chi connectivity index (χ4n) is 10.0. The lowest BCUT2D eigenvalue weighted by Crippen LogP contribution is -2.29. The Labute approximate surface area is 604 Å². The molecular formula is C74H96N12O18. The van der Waals surface area contributed by atoms with Gasteiger partial charge in [0.2, 0.25) is 0 Å². The fourth-order valence-corrected chi connectivity index (χ4v) is 10.0. The number of aryl methyl sites for hydroxylation is 8. The zero-order valence-corrected chi connectivity index (χ0v) is 58.5. The van der Waals surface area contributed by atoms with Crippen LogP contribution >= 0.6 is 0 Å². The average molecular weight is 1440 g/mol. The Hall–Kier alpha value is -12.3. The van der Waals surface area contributed by atoms with Crippen LogP contribution in [0.15, 0.2) is 149 Å². The van der Waals surface area contributed by atoms with E-state index < -0.39 is 35.8 Å². The molecular weight excluding hydrogens is 1340 g/mol. The van der Waals surface area contributed by atoms with Crippen LogP contribution in [-0.2, 0) is 38.6 Å². The van der Waals surface area contributed by atoms with E-state index in [0.29, 0.717) is 46.3 Å². The summed E-state index contributed by atoms with van der Waals surface area (Å²) in [7, 11) is 0. The van der Waals surface area contributed by atoms with E-state index >= 15 is 0 Å². The molecule has 0 fully saturated rings. The molecule has 560 valence electrons. The average Bonchev–Trinajstić information content (AvgIpc) is 1.62. The summed E-state index contributed by atoms with van der Waals surface area (Å²) in [6.07, 6.45) is 0.136. The Morgan fingerprint density at radius 2 is 0.769 bits per heavy atom. The van der Waals surface area contributed by atoms with Crippen molar-refractivity contribution in [2.24, 2.45) is 15.2 Å². The second kappa shape index (κ2) is 40.8. The number of anilines is 9. The quantitative estimate of drug-likeness (QED) is 0.0104. The zero-order valence-electron chi connectivity index (χ0n) is 58.5. The van der Waals surface area contributed by atoms with E-state index in [1.54, 1.807) is 52.8 Å². The molecule has 30 nitrogen and oxygen atoms in total. The summed E-state index contributed by atoms with van der Waals surface area (Å²) >= 11 is 0. The minimum absolute atomic E-state index is 0. The molecule has 0 unspecified atom stereocenters. The minimum Gasteiger partial charge on any atom is -0.481 e. The van der Waals surface area contributed by atoms with E-state index in [4.69, 9.17) is 64.2 Å². The van der Waals surface area contributed by atoms with Crippen molar-refractivity contribution in [2.75, 3.05) is 86.9 Å². The fraction of sp³-hybridized carbons (Fsp3) is 0.297. The number of aromatic carboxylic acids is 2. The largest absolute Gasteiger partial charge is 0.481 e. The van der Waals surface area contributed by atoms with Gasteiger partial charge in [-0.05, 0) is 211 Å². The van der Waals surface area contributed by atoms with Crippen LogP contribution in [0.2, 0.25) is 0 Å². The first-order chi connectivity index (χ1) is 47.9. The molecule has 0 saturated carbocycles. The molecule has 8 rings (SSSR count).